The van der Waals surface area contributed by atoms with Crippen LogP contribution in [0.2, 0.25) is 0 Å². The Bertz CT molecular complexity index is 847. The summed E-state index contributed by atoms with van der Waals surface area (Å²) in [7, 11) is 1.59. The highest BCUT2D eigenvalue weighted by Gasteiger charge is 2.25. The molecule has 1 saturated heterocycles. The number of fused-ring (bicyclic) bond motifs is 1. The first kappa shape index (κ1) is 20.0. The lowest BCUT2D eigenvalue weighted by Crippen LogP contribution is -2.51. The van der Waals surface area contributed by atoms with Crippen LogP contribution in [-0.2, 0) is 4.74 Å². The number of nitrogens with one attached hydrogen (secondary N) is 2. The zero-order valence-electron chi connectivity index (χ0n) is 16.7. The maximum Gasteiger partial charge on any atom is 0.407 e. The second kappa shape index (κ2) is 8.10. The number of hydrogen-bond donors (Lipinski definition) is 2. The Hall–Kier alpha value is -2.74. The third-order valence-electron chi connectivity index (χ3n) is 4.42. The number of carbonyl (C=O) groups excluding carboxylic acids is 2. The fourth-order valence-corrected chi connectivity index (χ4v) is 3.07. The van der Waals surface area contributed by atoms with Gasteiger partial charge in [-0.1, -0.05) is 0 Å². The van der Waals surface area contributed by atoms with Gasteiger partial charge in [-0.2, -0.15) is 0 Å². The third-order valence-corrected chi connectivity index (χ3v) is 4.42. The summed E-state index contributed by atoms with van der Waals surface area (Å²) in [6.45, 7) is 6.75. The lowest BCUT2D eigenvalue weighted by atomic mass is 10.1. The third kappa shape index (κ3) is 5.16. The van der Waals surface area contributed by atoms with Crippen molar-refractivity contribution < 1.29 is 23.5 Å². The van der Waals surface area contributed by atoms with Gasteiger partial charge in [0.15, 0.2) is 5.76 Å². The number of hydrazine groups is 1. The van der Waals surface area contributed by atoms with E-state index in [-0.39, 0.29) is 17.7 Å². The number of rotatable bonds is 4. The minimum atomic E-state index is -0.518. The normalized spacial score (nSPS) is 16.0. The first-order valence-corrected chi connectivity index (χ1v) is 9.36. The van der Waals surface area contributed by atoms with Crippen molar-refractivity contribution in [1.82, 2.24) is 15.8 Å². The standard InChI is InChI=1S/C20H27N3O5/c1-20(2,3)28-19(25)21-14-7-9-23(10-8-14)22-18(24)17-12-13-11-15(26-4)5-6-16(13)27-17/h5-6,11-12,14H,7-10H2,1-4H3,(H,21,25)(H,22,24). The molecule has 0 saturated carbocycles. The molecule has 8 heteroatoms. The fourth-order valence-electron chi connectivity index (χ4n) is 3.07. The van der Waals surface area contributed by atoms with E-state index in [1.807, 2.05) is 31.8 Å². The molecule has 1 aromatic carbocycles. The Morgan fingerprint density at radius 2 is 1.89 bits per heavy atom. The summed E-state index contributed by atoms with van der Waals surface area (Å²) in [4.78, 5) is 24.3. The number of piperidine rings is 1. The van der Waals surface area contributed by atoms with E-state index in [0.29, 0.717) is 24.4 Å². The van der Waals surface area contributed by atoms with Crippen LogP contribution >= 0.6 is 0 Å². The van der Waals surface area contributed by atoms with E-state index in [9.17, 15) is 9.59 Å². The van der Waals surface area contributed by atoms with Gasteiger partial charge in [0.25, 0.3) is 0 Å². The van der Waals surface area contributed by atoms with Crippen molar-refractivity contribution in [2.75, 3.05) is 20.2 Å². The summed E-state index contributed by atoms with van der Waals surface area (Å²) in [5.74, 6) is 0.658. The van der Waals surface area contributed by atoms with Crippen LogP contribution in [-0.4, -0.2) is 48.9 Å². The van der Waals surface area contributed by atoms with Gasteiger partial charge in [0.1, 0.15) is 16.9 Å². The van der Waals surface area contributed by atoms with Crippen molar-refractivity contribution in [3.63, 3.8) is 0 Å². The number of alkyl carbamates (subject to hydrolysis) is 1. The molecule has 1 aliphatic heterocycles. The molecule has 8 nitrogen and oxygen atoms in total. The van der Waals surface area contributed by atoms with Crippen LogP contribution in [0.5, 0.6) is 5.75 Å². The summed E-state index contributed by atoms with van der Waals surface area (Å²) in [5.41, 5.74) is 2.97. The van der Waals surface area contributed by atoms with Gasteiger partial charge < -0.3 is 19.2 Å². The number of hydrogen-bond acceptors (Lipinski definition) is 6. The van der Waals surface area contributed by atoms with Crippen molar-refractivity contribution in [3.05, 3.63) is 30.0 Å². The molecular formula is C20H27N3O5. The van der Waals surface area contributed by atoms with E-state index in [1.54, 1.807) is 25.3 Å². The predicted molar refractivity (Wildman–Crippen MR) is 104 cm³/mol. The van der Waals surface area contributed by atoms with E-state index in [4.69, 9.17) is 13.9 Å². The second-order valence-electron chi connectivity index (χ2n) is 7.86. The number of furan rings is 1. The minimum absolute atomic E-state index is 0.0293. The Kier molecular flexibility index (Phi) is 5.79. The van der Waals surface area contributed by atoms with Crippen molar-refractivity contribution >= 4 is 23.0 Å². The zero-order chi connectivity index (χ0) is 20.3. The van der Waals surface area contributed by atoms with E-state index < -0.39 is 11.7 Å². The Balaban J connectivity index is 1.50. The molecule has 1 fully saturated rings. The predicted octanol–water partition coefficient (Wildman–Crippen LogP) is 3.08. The topological polar surface area (TPSA) is 93.0 Å². The van der Waals surface area contributed by atoms with Crippen LogP contribution in [0.25, 0.3) is 11.0 Å². The van der Waals surface area contributed by atoms with Crippen molar-refractivity contribution in [3.8, 4) is 5.75 Å². The molecule has 0 atom stereocenters. The van der Waals surface area contributed by atoms with Crippen LogP contribution in [0, 0.1) is 0 Å². The van der Waals surface area contributed by atoms with Gasteiger partial charge in [0, 0.05) is 24.5 Å². The quantitative estimate of drug-likeness (QED) is 0.835. The molecule has 2 heterocycles. The Labute approximate surface area is 164 Å². The van der Waals surface area contributed by atoms with Gasteiger partial charge >= 0.3 is 12.0 Å². The highest BCUT2D eigenvalue weighted by atomic mass is 16.6. The van der Waals surface area contributed by atoms with Gasteiger partial charge in [-0.05, 0) is 57.9 Å². The van der Waals surface area contributed by atoms with Gasteiger partial charge in [-0.15, -0.1) is 0 Å². The number of ether oxygens (including phenoxy) is 2. The SMILES string of the molecule is COc1ccc2oc(C(=O)NN3CCC(NC(=O)OC(C)(C)C)CC3)cc2c1. The van der Waals surface area contributed by atoms with Gasteiger partial charge in [0.2, 0.25) is 0 Å². The molecule has 2 N–H and O–H groups in total. The van der Waals surface area contributed by atoms with Gasteiger partial charge in [0.05, 0.1) is 7.11 Å². The van der Waals surface area contributed by atoms with Crippen LogP contribution in [0.4, 0.5) is 4.79 Å². The molecule has 2 amide bonds. The molecule has 28 heavy (non-hydrogen) atoms. The highest BCUT2D eigenvalue weighted by molar-refractivity contribution is 5.96. The van der Waals surface area contributed by atoms with Crippen LogP contribution in [0.1, 0.15) is 44.2 Å². The first-order valence-electron chi connectivity index (χ1n) is 9.36. The van der Waals surface area contributed by atoms with Crippen molar-refractivity contribution in [2.45, 2.75) is 45.3 Å². The fraction of sp³-hybridized carbons (Fsp3) is 0.500. The summed E-state index contributed by atoms with van der Waals surface area (Å²) >= 11 is 0. The Morgan fingerprint density at radius 3 is 2.54 bits per heavy atom. The average Bonchev–Trinajstić information content (AvgIpc) is 3.05. The van der Waals surface area contributed by atoms with Crippen molar-refractivity contribution in [2.24, 2.45) is 0 Å². The lowest BCUT2D eigenvalue weighted by molar-refractivity contribution is 0.0449. The smallest absolute Gasteiger partial charge is 0.407 e. The Morgan fingerprint density at radius 1 is 1.18 bits per heavy atom. The largest absolute Gasteiger partial charge is 0.497 e. The zero-order valence-corrected chi connectivity index (χ0v) is 16.7. The molecule has 0 radical (unpaired) electrons. The number of benzene rings is 1. The number of carbonyl (C=O) groups is 2. The highest BCUT2D eigenvalue weighted by Crippen LogP contribution is 2.24. The van der Waals surface area contributed by atoms with Crippen LogP contribution in [0.15, 0.2) is 28.7 Å². The molecule has 0 bridgehead atoms. The molecule has 152 valence electrons. The van der Waals surface area contributed by atoms with E-state index >= 15 is 0 Å². The van der Waals surface area contributed by atoms with Crippen molar-refractivity contribution in [1.29, 1.82) is 0 Å². The summed E-state index contributed by atoms with van der Waals surface area (Å²) in [5, 5.41) is 5.53. The maximum absolute atomic E-state index is 12.5. The average molecular weight is 389 g/mol. The molecule has 1 aromatic heterocycles. The molecule has 2 aromatic rings. The van der Waals surface area contributed by atoms with Crippen LogP contribution < -0.4 is 15.5 Å². The summed E-state index contributed by atoms with van der Waals surface area (Å²) in [6, 6.07) is 7.11. The first-order chi connectivity index (χ1) is 13.2. The number of amides is 2. The molecule has 0 unspecified atom stereocenters. The molecule has 0 aliphatic carbocycles. The summed E-state index contributed by atoms with van der Waals surface area (Å²) in [6.07, 6.45) is 1.03. The summed E-state index contributed by atoms with van der Waals surface area (Å²) < 4.78 is 16.1. The minimum Gasteiger partial charge on any atom is -0.497 e. The van der Waals surface area contributed by atoms with E-state index in [1.165, 1.54) is 0 Å². The number of methoxy groups -OCH3 is 1. The molecular weight excluding hydrogens is 362 g/mol. The van der Waals surface area contributed by atoms with Gasteiger partial charge in [-0.3, -0.25) is 10.2 Å². The van der Waals surface area contributed by atoms with E-state index in [2.05, 4.69) is 10.7 Å². The maximum atomic E-state index is 12.5. The molecule has 0 spiro atoms. The molecule has 3 rings (SSSR count). The molecule has 1 aliphatic rings. The van der Waals surface area contributed by atoms with Crippen LogP contribution in [0.3, 0.4) is 0 Å². The van der Waals surface area contributed by atoms with E-state index in [0.717, 1.165) is 18.2 Å². The second-order valence-corrected chi connectivity index (χ2v) is 7.86. The monoisotopic (exact) mass is 389 g/mol. The number of nitrogens with zero attached hydrogens (tertiary/aromatic N) is 1. The lowest BCUT2D eigenvalue weighted by Gasteiger charge is -2.32. The van der Waals surface area contributed by atoms with Gasteiger partial charge in [-0.25, -0.2) is 9.80 Å².